The number of carboxylic acid groups (broad SMARTS) is 1. The molecule has 0 aromatic carbocycles. The third-order valence-corrected chi connectivity index (χ3v) is 4.63. The van der Waals surface area contributed by atoms with Crippen molar-refractivity contribution in [3.63, 3.8) is 0 Å². The minimum atomic E-state index is -0.853. The van der Waals surface area contributed by atoms with Gasteiger partial charge in [-0.15, -0.1) is 0 Å². The first-order valence-corrected chi connectivity index (χ1v) is 8.38. The molecule has 0 atom stereocenters. The number of rotatable bonds is 6. The lowest BCUT2D eigenvalue weighted by Gasteiger charge is -2.26. The van der Waals surface area contributed by atoms with Gasteiger partial charge in [0.2, 0.25) is 0 Å². The topological polar surface area (TPSA) is 84.2 Å². The molecule has 0 aliphatic heterocycles. The minimum Gasteiger partial charge on any atom is -0.481 e. The molecule has 1 aromatic rings. The van der Waals surface area contributed by atoms with Gasteiger partial charge in [-0.1, -0.05) is 19.3 Å². The van der Waals surface area contributed by atoms with Gasteiger partial charge in [-0.3, -0.25) is 14.3 Å². The van der Waals surface area contributed by atoms with Crippen molar-refractivity contribution in [3.8, 4) is 0 Å². The second-order valence-corrected chi connectivity index (χ2v) is 7.11. The molecule has 1 aromatic heterocycles. The molecular formula is C17H27N3O3. The maximum atomic E-state index is 12.5. The highest BCUT2D eigenvalue weighted by Gasteiger charge is 2.26. The quantitative estimate of drug-likeness (QED) is 0.843. The molecule has 0 saturated heterocycles. The van der Waals surface area contributed by atoms with Crippen molar-refractivity contribution in [2.45, 2.75) is 77.3 Å². The van der Waals surface area contributed by atoms with Crippen LogP contribution in [0.3, 0.4) is 0 Å². The van der Waals surface area contributed by atoms with Crippen molar-refractivity contribution >= 4 is 11.9 Å². The lowest BCUT2D eigenvalue weighted by atomic mass is 9.95. The molecule has 6 nitrogen and oxygen atoms in total. The second-order valence-electron chi connectivity index (χ2n) is 7.11. The smallest absolute Gasteiger partial charge is 0.303 e. The summed E-state index contributed by atoms with van der Waals surface area (Å²) in [6, 6.07) is 0.394. The Hall–Kier alpha value is -1.85. The molecule has 128 valence electrons. The zero-order chi connectivity index (χ0) is 17.0. The highest BCUT2D eigenvalue weighted by Crippen LogP contribution is 2.29. The fourth-order valence-corrected chi connectivity index (χ4v) is 3.20. The zero-order valence-corrected chi connectivity index (χ0v) is 14.3. The predicted octanol–water partition coefficient (Wildman–Crippen LogP) is 3.07. The predicted molar refractivity (Wildman–Crippen MR) is 87.5 cm³/mol. The summed E-state index contributed by atoms with van der Waals surface area (Å²) in [7, 11) is 0. The van der Waals surface area contributed by atoms with Gasteiger partial charge in [-0.05, 0) is 40.0 Å². The molecular weight excluding hydrogens is 294 g/mol. The Balaban J connectivity index is 2.05. The number of carbonyl (C=O) groups is 2. The Bertz CT molecular complexity index is 572. The number of carboxylic acids is 1. The Morgan fingerprint density at radius 1 is 1.35 bits per heavy atom. The summed E-state index contributed by atoms with van der Waals surface area (Å²) in [5.41, 5.74) is 0.914. The van der Waals surface area contributed by atoms with Gasteiger partial charge in [0.05, 0.1) is 17.8 Å². The van der Waals surface area contributed by atoms with E-state index in [-0.39, 0.29) is 12.3 Å². The van der Waals surface area contributed by atoms with Gasteiger partial charge >= 0.3 is 5.97 Å². The summed E-state index contributed by atoms with van der Waals surface area (Å²) in [5, 5.41) is 16.1. The first-order valence-electron chi connectivity index (χ1n) is 8.38. The molecule has 0 unspecified atom stereocenters. The summed E-state index contributed by atoms with van der Waals surface area (Å²) in [6.45, 7) is 5.62. The van der Waals surface area contributed by atoms with E-state index in [0.29, 0.717) is 18.0 Å². The number of amides is 1. The average molecular weight is 321 g/mol. The lowest BCUT2D eigenvalue weighted by molar-refractivity contribution is -0.137. The van der Waals surface area contributed by atoms with Crippen LogP contribution in [0.1, 0.15) is 80.9 Å². The van der Waals surface area contributed by atoms with E-state index in [4.69, 9.17) is 5.11 Å². The normalized spacial score (nSPS) is 16.3. The van der Waals surface area contributed by atoms with E-state index in [0.717, 1.165) is 18.5 Å². The van der Waals surface area contributed by atoms with Crippen LogP contribution in [0.15, 0.2) is 6.20 Å². The van der Waals surface area contributed by atoms with Gasteiger partial charge in [-0.2, -0.15) is 5.10 Å². The Morgan fingerprint density at radius 2 is 2.00 bits per heavy atom. The number of aromatic nitrogens is 2. The van der Waals surface area contributed by atoms with E-state index in [9.17, 15) is 9.59 Å². The first kappa shape index (κ1) is 17.5. The highest BCUT2D eigenvalue weighted by molar-refractivity contribution is 5.95. The van der Waals surface area contributed by atoms with Crippen LogP contribution in [0.25, 0.3) is 0 Å². The summed E-state index contributed by atoms with van der Waals surface area (Å²) >= 11 is 0. The molecule has 1 aliphatic carbocycles. The number of nitrogens with zero attached hydrogens (tertiary/aromatic N) is 2. The van der Waals surface area contributed by atoms with Gasteiger partial charge in [-0.25, -0.2) is 0 Å². The SMILES string of the molecule is Cc1c(C(=O)NC(C)(C)CCC(=O)O)cnn1C1CCCCC1. The largest absolute Gasteiger partial charge is 0.481 e. The van der Waals surface area contributed by atoms with Crippen molar-refractivity contribution < 1.29 is 14.7 Å². The van der Waals surface area contributed by atoms with Crippen molar-refractivity contribution in [2.75, 3.05) is 0 Å². The molecule has 1 amide bonds. The standard InChI is InChI=1S/C17H27N3O3/c1-12-14(11-18-20(12)13-7-5-4-6-8-13)16(23)19-17(2,3)10-9-15(21)22/h11,13H,4-10H2,1-3H3,(H,19,23)(H,21,22). The number of hydrogen-bond donors (Lipinski definition) is 2. The van der Waals surface area contributed by atoms with Gasteiger partial charge in [0.15, 0.2) is 0 Å². The van der Waals surface area contributed by atoms with Gasteiger partial charge in [0.1, 0.15) is 0 Å². The molecule has 2 rings (SSSR count). The molecule has 2 N–H and O–H groups in total. The first-order chi connectivity index (χ1) is 10.8. The van der Waals surface area contributed by atoms with Crippen LogP contribution in [0.5, 0.6) is 0 Å². The molecule has 0 spiro atoms. The summed E-state index contributed by atoms with van der Waals surface area (Å²) in [4.78, 5) is 23.2. The van der Waals surface area contributed by atoms with Crippen LogP contribution < -0.4 is 5.32 Å². The van der Waals surface area contributed by atoms with E-state index < -0.39 is 11.5 Å². The molecule has 0 bridgehead atoms. The fraction of sp³-hybridized carbons (Fsp3) is 0.706. The molecule has 23 heavy (non-hydrogen) atoms. The van der Waals surface area contributed by atoms with E-state index in [1.165, 1.54) is 19.3 Å². The van der Waals surface area contributed by atoms with E-state index in [1.54, 1.807) is 6.20 Å². The number of nitrogens with one attached hydrogen (secondary N) is 1. The number of hydrogen-bond acceptors (Lipinski definition) is 3. The highest BCUT2D eigenvalue weighted by atomic mass is 16.4. The van der Waals surface area contributed by atoms with Crippen LogP contribution in [0.2, 0.25) is 0 Å². The average Bonchev–Trinajstić information content (AvgIpc) is 2.87. The summed E-state index contributed by atoms with van der Waals surface area (Å²) < 4.78 is 1.98. The Morgan fingerprint density at radius 3 is 2.61 bits per heavy atom. The third-order valence-electron chi connectivity index (χ3n) is 4.63. The van der Waals surface area contributed by atoms with Gasteiger partial charge in [0.25, 0.3) is 5.91 Å². The van der Waals surface area contributed by atoms with Crippen LogP contribution in [0.4, 0.5) is 0 Å². The van der Waals surface area contributed by atoms with Crippen molar-refractivity contribution in [1.29, 1.82) is 0 Å². The van der Waals surface area contributed by atoms with Crippen molar-refractivity contribution in [2.24, 2.45) is 0 Å². The van der Waals surface area contributed by atoms with Crippen molar-refractivity contribution in [1.82, 2.24) is 15.1 Å². The van der Waals surface area contributed by atoms with Crippen LogP contribution in [-0.2, 0) is 4.79 Å². The fourth-order valence-electron chi connectivity index (χ4n) is 3.20. The monoisotopic (exact) mass is 321 g/mol. The van der Waals surface area contributed by atoms with E-state index in [1.807, 2.05) is 25.5 Å². The van der Waals surface area contributed by atoms with Gasteiger partial charge in [0, 0.05) is 17.7 Å². The Kier molecular flexibility index (Phi) is 5.44. The lowest BCUT2D eigenvalue weighted by Crippen LogP contribution is -2.43. The summed E-state index contributed by atoms with van der Waals surface area (Å²) in [5.74, 6) is -1.03. The third kappa shape index (κ3) is 4.56. The van der Waals surface area contributed by atoms with Gasteiger partial charge < -0.3 is 10.4 Å². The maximum Gasteiger partial charge on any atom is 0.303 e. The second kappa shape index (κ2) is 7.15. The van der Waals surface area contributed by atoms with E-state index >= 15 is 0 Å². The van der Waals surface area contributed by atoms with Crippen molar-refractivity contribution in [3.05, 3.63) is 17.5 Å². The maximum absolute atomic E-state index is 12.5. The van der Waals surface area contributed by atoms with Crippen LogP contribution in [-0.4, -0.2) is 32.3 Å². The Labute approximate surface area is 137 Å². The molecule has 6 heteroatoms. The number of aliphatic carboxylic acids is 1. The molecule has 1 saturated carbocycles. The number of carbonyl (C=O) groups excluding carboxylic acids is 1. The van der Waals surface area contributed by atoms with Crippen LogP contribution >= 0.6 is 0 Å². The molecule has 1 aliphatic rings. The molecule has 1 heterocycles. The molecule has 0 radical (unpaired) electrons. The van der Waals surface area contributed by atoms with Crippen LogP contribution in [0, 0.1) is 6.92 Å². The molecule has 1 fully saturated rings. The minimum absolute atomic E-state index is 0.0353. The summed E-state index contributed by atoms with van der Waals surface area (Å²) in [6.07, 6.45) is 8.01. The van der Waals surface area contributed by atoms with E-state index in [2.05, 4.69) is 10.4 Å². The zero-order valence-electron chi connectivity index (χ0n) is 14.3.